The standard InChI is InChI=1S/C12H15FN2O3S/c1-2-18-12(17)7-19-6-11(16)15-10-5-8(13)3-4-9(10)14/h3-5H,2,6-7,14H2,1H3,(H,15,16). The highest BCUT2D eigenvalue weighted by Gasteiger charge is 2.08. The number of nitrogens with one attached hydrogen (secondary N) is 1. The molecule has 1 aromatic rings. The SMILES string of the molecule is CCOC(=O)CSCC(=O)Nc1cc(F)ccc1N. The molecule has 0 atom stereocenters. The average Bonchev–Trinajstić information content (AvgIpc) is 2.34. The summed E-state index contributed by atoms with van der Waals surface area (Å²) in [6.45, 7) is 2.02. The van der Waals surface area contributed by atoms with Crippen molar-refractivity contribution in [2.45, 2.75) is 6.92 Å². The van der Waals surface area contributed by atoms with Crippen molar-refractivity contribution < 1.29 is 18.7 Å². The number of hydrogen-bond donors (Lipinski definition) is 2. The lowest BCUT2D eigenvalue weighted by Crippen LogP contribution is -2.17. The smallest absolute Gasteiger partial charge is 0.315 e. The Morgan fingerprint density at radius 3 is 2.84 bits per heavy atom. The maximum Gasteiger partial charge on any atom is 0.315 e. The van der Waals surface area contributed by atoms with Crippen LogP contribution in [-0.2, 0) is 14.3 Å². The van der Waals surface area contributed by atoms with E-state index in [4.69, 9.17) is 10.5 Å². The van der Waals surface area contributed by atoms with Crippen LogP contribution in [0.25, 0.3) is 0 Å². The molecule has 0 unspecified atom stereocenters. The maximum atomic E-state index is 13.0. The molecule has 0 aliphatic carbocycles. The van der Waals surface area contributed by atoms with Gasteiger partial charge >= 0.3 is 5.97 Å². The van der Waals surface area contributed by atoms with Crippen LogP contribution in [0.5, 0.6) is 0 Å². The van der Waals surface area contributed by atoms with Crippen LogP contribution in [0.1, 0.15) is 6.92 Å². The first kappa shape index (κ1) is 15.3. The Kier molecular flexibility index (Phi) is 6.14. The van der Waals surface area contributed by atoms with Crippen molar-refractivity contribution in [1.29, 1.82) is 0 Å². The predicted molar refractivity (Wildman–Crippen MR) is 73.4 cm³/mol. The van der Waals surface area contributed by atoms with E-state index in [1.807, 2.05) is 0 Å². The Morgan fingerprint density at radius 1 is 1.42 bits per heavy atom. The van der Waals surface area contributed by atoms with Crippen LogP contribution < -0.4 is 11.1 Å². The molecule has 0 fully saturated rings. The van der Waals surface area contributed by atoms with Gasteiger partial charge in [-0.05, 0) is 25.1 Å². The van der Waals surface area contributed by atoms with Gasteiger partial charge in [0.1, 0.15) is 5.82 Å². The van der Waals surface area contributed by atoms with Gasteiger partial charge < -0.3 is 15.8 Å². The molecule has 0 aromatic heterocycles. The lowest BCUT2D eigenvalue weighted by molar-refractivity contribution is -0.139. The number of rotatable bonds is 6. The number of halogens is 1. The van der Waals surface area contributed by atoms with Crippen molar-refractivity contribution in [2.75, 3.05) is 29.2 Å². The monoisotopic (exact) mass is 286 g/mol. The summed E-state index contributed by atoms with van der Waals surface area (Å²) < 4.78 is 17.7. The van der Waals surface area contributed by atoms with Gasteiger partial charge in [-0.25, -0.2) is 4.39 Å². The average molecular weight is 286 g/mol. The van der Waals surface area contributed by atoms with E-state index in [1.54, 1.807) is 6.92 Å². The topological polar surface area (TPSA) is 81.4 Å². The Morgan fingerprint density at radius 2 is 2.16 bits per heavy atom. The molecular formula is C12H15FN2O3S. The molecule has 0 saturated carbocycles. The minimum atomic E-state index is -0.483. The Hall–Kier alpha value is -1.76. The van der Waals surface area contributed by atoms with E-state index in [9.17, 15) is 14.0 Å². The second-order valence-corrected chi connectivity index (χ2v) is 4.56. The van der Waals surface area contributed by atoms with Gasteiger partial charge in [0.15, 0.2) is 0 Å². The third kappa shape index (κ3) is 5.60. The molecule has 3 N–H and O–H groups in total. The fourth-order valence-electron chi connectivity index (χ4n) is 1.25. The summed E-state index contributed by atoms with van der Waals surface area (Å²) in [7, 11) is 0. The van der Waals surface area contributed by atoms with Crippen molar-refractivity contribution in [3.05, 3.63) is 24.0 Å². The van der Waals surface area contributed by atoms with Crippen LogP contribution >= 0.6 is 11.8 Å². The van der Waals surface area contributed by atoms with E-state index < -0.39 is 5.82 Å². The molecule has 19 heavy (non-hydrogen) atoms. The number of anilines is 2. The minimum Gasteiger partial charge on any atom is -0.465 e. The van der Waals surface area contributed by atoms with E-state index in [2.05, 4.69) is 5.32 Å². The number of hydrogen-bond acceptors (Lipinski definition) is 5. The first-order valence-corrected chi connectivity index (χ1v) is 6.76. The van der Waals surface area contributed by atoms with Crippen LogP contribution in [0, 0.1) is 5.82 Å². The van der Waals surface area contributed by atoms with Gasteiger partial charge in [-0.15, -0.1) is 11.8 Å². The van der Waals surface area contributed by atoms with Crippen LogP contribution in [0.4, 0.5) is 15.8 Å². The van der Waals surface area contributed by atoms with Gasteiger partial charge in [-0.3, -0.25) is 9.59 Å². The van der Waals surface area contributed by atoms with Gasteiger partial charge in [0.2, 0.25) is 5.91 Å². The first-order chi connectivity index (χ1) is 9.02. The second-order valence-electron chi connectivity index (χ2n) is 3.58. The van der Waals surface area contributed by atoms with Crippen molar-refractivity contribution >= 4 is 35.0 Å². The van der Waals surface area contributed by atoms with Gasteiger partial charge in [-0.1, -0.05) is 0 Å². The molecule has 0 radical (unpaired) electrons. The molecule has 1 rings (SSSR count). The zero-order chi connectivity index (χ0) is 14.3. The summed E-state index contributed by atoms with van der Waals surface area (Å²) in [5.41, 5.74) is 6.10. The lowest BCUT2D eigenvalue weighted by Gasteiger charge is -2.08. The van der Waals surface area contributed by atoms with Crippen molar-refractivity contribution in [3.8, 4) is 0 Å². The number of ether oxygens (including phenoxy) is 1. The Bertz CT molecular complexity index is 468. The zero-order valence-corrected chi connectivity index (χ0v) is 11.3. The molecule has 0 heterocycles. The fraction of sp³-hybridized carbons (Fsp3) is 0.333. The molecule has 0 bridgehead atoms. The Balaban J connectivity index is 2.39. The Labute approximate surface area is 114 Å². The molecule has 5 nitrogen and oxygen atoms in total. The number of amides is 1. The molecule has 1 amide bonds. The second kappa shape index (κ2) is 7.63. The lowest BCUT2D eigenvalue weighted by atomic mass is 10.2. The fourth-order valence-corrected chi connectivity index (χ4v) is 1.86. The van der Waals surface area contributed by atoms with Crippen LogP contribution in [-0.4, -0.2) is 30.0 Å². The largest absolute Gasteiger partial charge is 0.465 e. The van der Waals surface area contributed by atoms with Crippen molar-refractivity contribution in [1.82, 2.24) is 0 Å². The van der Waals surface area contributed by atoms with E-state index in [1.165, 1.54) is 12.1 Å². The first-order valence-electron chi connectivity index (χ1n) is 5.61. The number of benzene rings is 1. The molecule has 0 spiro atoms. The molecule has 7 heteroatoms. The third-order valence-electron chi connectivity index (χ3n) is 2.05. The summed E-state index contributed by atoms with van der Waals surface area (Å²) in [5.74, 6) is -1.05. The van der Waals surface area contributed by atoms with Crippen molar-refractivity contribution in [2.24, 2.45) is 0 Å². The minimum absolute atomic E-state index is 0.0643. The highest BCUT2D eigenvalue weighted by atomic mass is 32.2. The summed E-state index contributed by atoms with van der Waals surface area (Å²) in [5, 5.41) is 2.48. The van der Waals surface area contributed by atoms with Gasteiger partial charge in [0.25, 0.3) is 0 Å². The van der Waals surface area contributed by atoms with Gasteiger partial charge in [0, 0.05) is 0 Å². The third-order valence-corrected chi connectivity index (χ3v) is 2.95. The van der Waals surface area contributed by atoms with E-state index in [0.717, 1.165) is 17.8 Å². The zero-order valence-electron chi connectivity index (χ0n) is 10.4. The number of carbonyl (C=O) groups is 2. The van der Waals surface area contributed by atoms with Crippen LogP contribution in [0.3, 0.4) is 0 Å². The maximum absolute atomic E-state index is 13.0. The predicted octanol–water partition coefficient (Wildman–Crippen LogP) is 1.64. The highest BCUT2D eigenvalue weighted by molar-refractivity contribution is 8.00. The molecule has 104 valence electrons. The van der Waals surface area contributed by atoms with Gasteiger partial charge in [0.05, 0.1) is 29.5 Å². The summed E-state index contributed by atoms with van der Waals surface area (Å²) >= 11 is 1.12. The van der Waals surface area contributed by atoms with Crippen molar-refractivity contribution in [3.63, 3.8) is 0 Å². The normalized spacial score (nSPS) is 10.0. The van der Waals surface area contributed by atoms with E-state index >= 15 is 0 Å². The van der Waals surface area contributed by atoms with E-state index in [-0.39, 0.29) is 34.8 Å². The van der Waals surface area contributed by atoms with Crippen LogP contribution in [0.2, 0.25) is 0 Å². The number of nitrogen functional groups attached to an aromatic ring is 1. The summed E-state index contributed by atoms with van der Waals surface area (Å²) in [6.07, 6.45) is 0. The van der Waals surface area contributed by atoms with E-state index in [0.29, 0.717) is 6.61 Å². The number of thioether (sulfide) groups is 1. The van der Waals surface area contributed by atoms with Crippen LogP contribution in [0.15, 0.2) is 18.2 Å². The molecule has 0 aliphatic rings. The quantitative estimate of drug-likeness (QED) is 0.614. The van der Waals surface area contributed by atoms with Gasteiger partial charge in [-0.2, -0.15) is 0 Å². The summed E-state index contributed by atoms with van der Waals surface area (Å²) in [4.78, 5) is 22.6. The molecule has 0 aliphatic heterocycles. The number of carbonyl (C=O) groups excluding carboxylic acids is 2. The summed E-state index contributed by atoms with van der Waals surface area (Å²) in [6, 6.07) is 3.72. The molecule has 1 aromatic carbocycles. The number of nitrogens with two attached hydrogens (primary N) is 1. The molecule has 0 saturated heterocycles. The highest BCUT2D eigenvalue weighted by Crippen LogP contribution is 2.19. The molecular weight excluding hydrogens is 271 g/mol. The number of esters is 1.